The largest absolute Gasteiger partial charge is 0.372 e. The Balaban J connectivity index is 1.54. The van der Waals surface area contributed by atoms with Crippen molar-refractivity contribution in [2.24, 2.45) is 0 Å². The van der Waals surface area contributed by atoms with Gasteiger partial charge in [-0.05, 0) is 49.2 Å². The number of hydrogen-bond donors (Lipinski definition) is 0. The molecule has 0 aliphatic carbocycles. The molecule has 0 fully saturated rings. The van der Waals surface area contributed by atoms with Crippen LogP contribution in [-0.2, 0) is 0 Å². The molecule has 0 aliphatic rings. The maximum Gasteiger partial charge on any atom is 0.138 e. The monoisotopic (exact) mass is 367 g/mol. The third-order valence-corrected chi connectivity index (χ3v) is 5.04. The first-order valence-electron chi connectivity index (χ1n) is 9.84. The maximum atomic E-state index is 4.77. The van der Waals surface area contributed by atoms with E-state index in [9.17, 15) is 0 Å². The molecule has 0 amide bonds. The maximum absolute atomic E-state index is 4.77. The van der Waals surface area contributed by atoms with E-state index in [0.717, 1.165) is 35.6 Å². The third kappa shape index (κ3) is 3.84. The molecule has 0 saturated carbocycles. The molecule has 0 atom stereocenters. The quantitative estimate of drug-likeness (QED) is 0.415. The van der Waals surface area contributed by atoms with Gasteiger partial charge in [-0.2, -0.15) is 0 Å². The Labute approximate surface area is 166 Å². The molecule has 0 aliphatic heterocycles. The Morgan fingerprint density at radius 3 is 2.29 bits per heavy atom. The second-order valence-corrected chi connectivity index (χ2v) is 6.81. The summed E-state index contributed by atoms with van der Waals surface area (Å²) in [5, 5.41) is 0. The number of rotatable bonds is 6. The highest BCUT2D eigenvalue weighted by molar-refractivity contribution is 5.72. The lowest BCUT2D eigenvalue weighted by Gasteiger charge is -2.20. The van der Waals surface area contributed by atoms with Crippen molar-refractivity contribution in [3.05, 3.63) is 90.3 Å². The van der Waals surface area contributed by atoms with E-state index in [1.54, 1.807) is 0 Å². The molecule has 4 rings (SSSR count). The zero-order valence-corrected chi connectivity index (χ0v) is 16.4. The van der Waals surface area contributed by atoms with Crippen molar-refractivity contribution in [3.8, 4) is 11.3 Å². The van der Waals surface area contributed by atoms with Crippen molar-refractivity contribution >= 4 is 23.5 Å². The van der Waals surface area contributed by atoms with Crippen LogP contribution in [0, 0.1) is 0 Å². The van der Waals surface area contributed by atoms with Crippen LogP contribution in [0.25, 0.3) is 29.1 Å². The van der Waals surface area contributed by atoms with Gasteiger partial charge in [0.15, 0.2) is 0 Å². The first-order chi connectivity index (χ1) is 13.8. The van der Waals surface area contributed by atoms with Gasteiger partial charge < -0.3 is 9.30 Å². The highest BCUT2D eigenvalue weighted by atomic mass is 15.1. The summed E-state index contributed by atoms with van der Waals surface area (Å²) in [6, 6.07) is 23.2. The number of nitrogens with zero attached hydrogens (tertiary/aromatic N) is 3. The molecule has 2 heterocycles. The first kappa shape index (κ1) is 18.1. The van der Waals surface area contributed by atoms with Crippen molar-refractivity contribution in [2.75, 3.05) is 18.0 Å². The van der Waals surface area contributed by atoms with E-state index in [1.807, 2.05) is 18.2 Å². The standard InChI is InChI=1S/C25H25N3/c1-3-27(4-2)23-14-12-20(13-15-23)10-11-21-16-17-28-19-24(26-25(28)18-21)22-8-6-5-7-9-22/h5-19H,3-4H2,1-2H3/b11-10+. The zero-order chi connectivity index (χ0) is 19.3. The fourth-order valence-electron chi connectivity index (χ4n) is 3.43. The van der Waals surface area contributed by atoms with Crippen LogP contribution in [0.4, 0.5) is 5.69 Å². The molecule has 0 radical (unpaired) electrons. The molecule has 0 unspecified atom stereocenters. The van der Waals surface area contributed by atoms with Gasteiger partial charge in [0.25, 0.3) is 0 Å². The van der Waals surface area contributed by atoms with Gasteiger partial charge in [0, 0.05) is 36.7 Å². The number of fused-ring (bicyclic) bond motifs is 1. The minimum Gasteiger partial charge on any atom is -0.372 e. The number of pyridine rings is 1. The first-order valence-corrected chi connectivity index (χ1v) is 9.84. The SMILES string of the molecule is CCN(CC)c1ccc(/C=C/c2ccn3cc(-c4ccccc4)nc3c2)cc1. The van der Waals surface area contributed by atoms with Crippen LogP contribution < -0.4 is 4.90 Å². The summed E-state index contributed by atoms with van der Waals surface area (Å²) in [4.78, 5) is 7.12. The minimum absolute atomic E-state index is 0.956. The number of imidazole rings is 1. The van der Waals surface area contributed by atoms with Crippen LogP contribution in [0.5, 0.6) is 0 Å². The van der Waals surface area contributed by atoms with E-state index < -0.39 is 0 Å². The normalized spacial score (nSPS) is 11.4. The lowest BCUT2D eigenvalue weighted by molar-refractivity contribution is 0.866. The molecule has 140 valence electrons. The topological polar surface area (TPSA) is 20.5 Å². The van der Waals surface area contributed by atoms with Crippen molar-refractivity contribution < 1.29 is 0 Å². The number of aromatic nitrogens is 2. The van der Waals surface area contributed by atoms with E-state index in [2.05, 4.69) is 96.2 Å². The van der Waals surface area contributed by atoms with E-state index in [-0.39, 0.29) is 0 Å². The fourth-order valence-corrected chi connectivity index (χ4v) is 3.43. The Bertz CT molecular complexity index is 1070. The molecule has 2 aromatic heterocycles. The second-order valence-electron chi connectivity index (χ2n) is 6.81. The molecule has 0 saturated heterocycles. The average Bonchev–Trinajstić information content (AvgIpc) is 3.18. The van der Waals surface area contributed by atoms with Crippen LogP contribution in [-0.4, -0.2) is 22.5 Å². The molecule has 4 aromatic rings. The van der Waals surface area contributed by atoms with Gasteiger partial charge >= 0.3 is 0 Å². The molecule has 0 N–H and O–H groups in total. The summed E-state index contributed by atoms with van der Waals surface area (Å²) in [5.74, 6) is 0. The number of benzene rings is 2. The van der Waals surface area contributed by atoms with Gasteiger partial charge in [0.1, 0.15) is 5.65 Å². The Morgan fingerprint density at radius 2 is 1.57 bits per heavy atom. The predicted octanol–water partition coefficient (Wildman–Crippen LogP) is 6.02. The van der Waals surface area contributed by atoms with Gasteiger partial charge in [0.2, 0.25) is 0 Å². The third-order valence-electron chi connectivity index (χ3n) is 5.04. The zero-order valence-electron chi connectivity index (χ0n) is 16.4. The second kappa shape index (κ2) is 8.13. The summed E-state index contributed by atoms with van der Waals surface area (Å²) in [7, 11) is 0. The van der Waals surface area contributed by atoms with Crippen molar-refractivity contribution in [1.82, 2.24) is 9.38 Å². The van der Waals surface area contributed by atoms with Crippen LogP contribution in [0.1, 0.15) is 25.0 Å². The van der Waals surface area contributed by atoms with Gasteiger partial charge in [-0.15, -0.1) is 0 Å². The van der Waals surface area contributed by atoms with Gasteiger partial charge in [-0.3, -0.25) is 0 Å². The molecule has 3 heteroatoms. The van der Waals surface area contributed by atoms with E-state index >= 15 is 0 Å². The van der Waals surface area contributed by atoms with Crippen LogP contribution in [0.15, 0.2) is 79.1 Å². The Hall–Kier alpha value is -3.33. The van der Waals surface area contributed by atoms with Crippen LogP contribution in [0.2, 0.25) is 0 Å². The lowest BCUT2D eigenvalue weighted by atomic mass is 10.1. The van der Waals surface area contributed by atoms with E-state index in [4.69, 9.17) is 4.98 Å². The fraction of sp³-hybridized carbons (Fsp3) is 0.160. The van der Waals surface area contributed by atoms with Crippen LogP contribution in [0.3, 0.4) is 0 Å². The molecule has 28 heavy (non-hydrogen) atoms. The van der Waals surface area contributed by atoms with E-state index in [1.165, 1.54) is 11.3 Å². The Morgan fingerprint density at radius 1 is 0.857 bits per heavy atom. The van der Waals surface area contributed by atoms with Crippen molar-refractivity contribution in [3.63, 3.8) is 0 Å². The van der Waals surface area contributed by atoms with Gasteiger partial charge in [-0.1, -0.05) is 54.6 Å². The summed E-state index contributed by atoms with van der Waals surface area (Å²) in [5.41, 5.74) is 6.70. The van der Waals surface area contributed by atoms with E-state index in [0.29, 0.717) is 0 Å². The molecule has 0 spiro atoms. The van der Waals surface area contributed by atoms with Gasteiger partial charge in [0.05, 0.1) is 5.69 Å². The number of anilines is 1. The molecular formula is C25H25N3. The van der Waals surface area contributed by atoms with Gasteiger partial charge in [-0.25, -0.2) is 4.98 Å². The predicted molar refractivity (Wildman–Crippen MR) is 120 cm³/mol. The molecule has 3 nitrogen and oxygen atoms in total. The molecular weight excluding hydrogens is 342 g/mol. The summed E-state index contributed by atoms with van der Waals surface area (Å²) >= 11 is 0. The lowest BCUT2D eigenvalue weighted by Crippen LogP contribution is -2.21. The van der Waals surface area contributed by atoms with Crippen molar-refractivity contribution in [2.45, 2.75) is 13.8 Å². The van der Waals surface area contributed by atoms with Crippen molar-refractivity contribution in [1.29, 1.82) is 0 Å². The highest BCUT2D eigenvalue weighted by Crippen LogP contribution is 2.20. The molecule has 0 bridgehead atoms. The summed E-state index contributed by atoms with van der Waals surface area (Å²) < 4.78 is 2.07. The number of hydrogen-bond acceptors (Lipinski definition) is 2. The van der Waals surface area contributed by atoms with Crippen LogP contribution >= 0.6 is 0 Å². The molecule has 2 aromatic carbocycles. The summed E-state index contributed by atoms with van der Waals surface area (Å²) in [6.45, 7) is 6.43. The Kier molecular flexibility index (Phi) is 5.24. The average molecular weight is 367 g/mol. The smallest absolute Gasteiger partial charge is 0.138 e. The summed E-state index contributed by atoms with van der Waals surface area (Å²) in [6.07, 6.45) is 8.43. The highest BCUT2D eigenvalue weighted by Gasteiger charge is 2.04. The minimum atomic E-state index is 0.956.